The van der Waals surface area contributed by atoms with E-state index in [-0.39, 0.29) is 24.4 Å². The van der Waals surface area contributed by atoms with E-state index in [0.717, 1.165) is 104 Å². The van der Waals surface area contributed by atoms with Crippen molar-refractivity contribution in [2.75, 3.05) is 46.2 Å². The Morgan fingerprint density at radius 2 is 0.521 bits per heavy atom. The van der Waals surface area contributed by atoms with Crippen LogP contribution in [-0.2, 0) is 205 Å². The highest BCUT2D eigenvalue weighted by molar-refractivity contribution is 9.09. The number of alkyl halides is 1. The topological polar surface area (TPSA) is 514 Å². The molecule has 0 aliphatic carbocycles. The van der Waals surface area contributed by atoms with Crippen molar-refractivity contribution in [3.05, 3.63) is 0 Å². The molecule has 660 valence electrons. The molecule has 7 rings (SSSR count). The predicted molar refractivity (Wildman–Crippen MR) is 376 cm³/mol. The molecule has 0 aromatic carbocycles. The second kappa shape index (κ2) is 43.8. The zero-order chi connectivity index (χ0) is 86.9. The van der Waals surface area contributed by atoms with Crippen molar-refractivity contribution in [1.82, 2.24) is 0 Å². The molecule has 0 saturated carbocycles. The van der Waals surface area contributed by atoms with E-state index in [2.05, 4.69) is 15.9 Å². The third-order valence-electron chi connectivity index (χ3n) is 19.0. The Balaban J connectivity index is 1.41. The summed E-state index contributed by atoms with van der Waals surface area (Å²) in [6.45, 7) is 18.1. The van der Waals surface area contributed by atoms with Gasteiger partial charge in [-0.05, 0) is 11.8 Å². The Morgan fingerprint density at radius 3 is 0.906 bits per heavy atom. The van der Waals surface area contributed by atoms with Crippen LogP contribution in [0.15, 0.2) is 0 Å². The second-order valence-corrected chi connectivity index (χ2v) is 29.5. The Labute approximate surface area is 679 Å². The number of hydrogen-bond acceptors (Lipinski definition) is 43. The van der Waals surface area contributed by atoms with Gasteiger partial charge in [0, 0.05) is 116 Å². The number of ether oxygens (including phenoxy) is 28. The molecule has 32 atom stereocenters. The van der Waals surface area contributed by atoms with E-state index >= 15 is 0 Å². The maximum atomic E-state index is 14.0. The third-order valence-corrected chi connectivity index (χ3v) is 19.8. The summed E-state index contributed by atoms with van der Waals surface area (Å²) in [5, 5.41) is -1.34. The summed E-state index contributed by atoms with van der Waals surface area (Å²) < 4.78 is 170. The largest absolute Gasteiger partial charge is 0.463 e. The summed E-state index contributed by atoms with van der Waals surface area (Å²) in [6.07, 6.45) is -48.0. The Morgan fingerprint density at radius 1 is 0.248 bits per heavy atom. The van der Waals surface area contributed by atoms with E-state index in [1.54, 1.807) is 0 Å². The Kier molecular flexibility index (Phi) is 36.0. The molecule has 7 heterocycles. The molecule has 0 bridgehead atoms. The van der Waals surface area contributed by atoms with Crippen molar-refractivity contribution in [2.45, 2.75) is 302 Å². The van der Waals surface area contributed by atoms with E-state index < -0.39 is 306 Å². The van der Waals surface area contributed by atoms with E-state index in [1.807, 2.05) is 20.8 Å². The summed E-state index contributed by atoms with van der Waals surface area (Å²) in [7, 11) is 0. The lowest BCUT2D eigenvalue weighted by atomic mass is 9.83. The number of halogens is 1. The van der Waals surface area contributed by atoms with Gasteiger partial charge in [0.05, 0.1) is 45.7 Å². The molecule has 12 unspecified atom stereocenters. The molecular formula is C73H103BrO43. The van der Waals surface area contributed by atoms with Crippen LogP contribution in [-0.4, -0.2) is 307 Å². The highest BCUT2D eigenvalue weighted by atomic mass is 79.9. The number of carbonyl (C=O) groups is 15. The first-order chi connectivity index (χ1) is 54.9. The van der Waals surface area contributed by atoms with Gasteiger partial charge in [-0.15, -0.1) is 0 Å². The number of hydrogen-bond donors (Lipinski definition) is 0. The molecule has 7 aliphatic rings. The van der Waals surface area contributed by atoms with Gasteiger partial charge in [-0.25, -0.2) is 0 Å². The van der Waals surface area contributed by atoms with E-state index in [1.165, 1.54) is 6.92 Å². The molecule has 7 saturated heterocycles. The van der Waals surface area contributed by atoms with Crippen molar-refractivity contribution in [2.24, 2.45) is 23.7 Å². The first-order valence-electron chi connectivity index (χ1n) is 37.4. The molecule has 0 amide bonds. The lowest BCUT2D eigenvalue weighted by Crippen LogP contribution is -2.68. The molecule has 7 aliphatic heterocycles. The van der Waals surface area contributed by atoms with Crippen LogP contribution in [0.3, 0.4) is 0 Å². The van der Waals surface area contributed by atoms with Crippen LogP contribution in [0.25, 0.3) is 0 Å². The Bertz CT molecular complexity index is 3500. The molecule has 0 N–H and O–H groups in total. The second-order valence-electron chi connectivity index (χ2n) is 28.6. The van der Waals surface area contributed by atoms with Gasteiger partial charge in [-0.1, -0.05) is 43.6 Å². The van der Waals surface area contributed by atoms with Crippen molar-refractivity contribution in [1.29, 1.82) is 0 Å². The Hall–Kier alpha value is -7.99. The molecule has 0 spiro atoms. The molecule has 0 radical (unpaired) electrons. The molecular weight excluding hydrogens is 1640 g/mol. The highest BCUT2D eigenvalue weighted by Crippen LogP contribution is 2.43. The zero-order valence-corrected chi connectivity index (χ0v) is 69.4. The summed E-state index contributed by atoms with van der Waals surface area (Å²) in [5.74, 6) is -16.6. The first-order valence-corrected chi connectivity index (χ1v) is 38.3. The van der Waals surface area contributed by atoms with Gasteiger partial charge in [0.1, 0.15) is 43.2 Å². The van der Waals surface area contributed by atoms with E-state index in [4.69, 9.17) is 133 Å². The van der Waals surface area contributed by atoms with Crippen LogP contribution in [0.5, 0.6) is 0 Å². The summed E-state index contributed by atoms with van der Waals surface area (Å²) in [6, 6.07) is 0. The van der Waals surface area contributed by atoms with Crippen LogP contribution < -0.4 is 0 Å². The molecule has 0 aromatic rings. The van der Waals surface area contributed by atoms with Crippen LogP contribution >= 0.6 is 15.9 Å². The SMILES string of the molecule is CC(=O)OC[C@@H]1O[C@H](Br)C(OC(C)=O)C(OC(C)=O)[C@@H]1O[C@@H]1OC(CO[C@H]2OC[C@@H](OC(C)=O)C(OC(C)=O)[C@@H]2OC(C)=O)[C@@H](O[C@@H]2O[C@@H](CO[C@H]3OC[C@@H](C)C(C)C3C)[C@@H](O[C@@H]3OC(CO[C@H]4OC[C@@H](OC(C)=O)C(OC(C)=O)[C@@H]4OC(C)=O)[C@@H](OC(C)=O)[C@H](OC(C)=O)C3OC(C)=O)C(C)C2OC(C)=O)[C@H](OC(C)=O)C1OC(C)=O. The van der Waals surface area contributed by atoms with Gasteiger partial charge in [0.2, 0.25) is 0 Å². The van der Waals surface area contributed by atoms with Gasteiger partial charge < -0.3 is 133 Å². The number of carbonyl (C=O) groups excluding carboxylic acids is 15. The maximum absolute atomic E-state index is 14.0. The smallest absolute Gasteiger partial charge is 0.303 e. The van der Waals surface area contributed by atoms with Crippen LogP contribution in [0, 0.1) is 23.7 Å². The fourth-order valence-electron chi connectivity index (χ4n) is 14.2. The minimum absolute atomic E-state index is 0.0208. The van der Waals surface area contributed by atoms with Gasteiger partial charge in [-0.2, -0.15) is 0 Å². The van der Waals surface area contributed by atoms with Gasteiger partial charge >= 0.3 is 89.5 Å². The average molecular weight is 1750 g/mol. The molecule has 7 fully saturated rings. The predicted octanol–water partition coefficient (Wildman–Crippen LogP) is 0.706. The summed E-state index contributed by atoms with van der Waals surface area (Å²) in [5.41, 5.74) is 0. The molecule has 0 aromatic heterocycles. The van der Waals surface area contributed by atoms with Crippen LogP contribution in [0.1, 0.15) is 132 Å². The van der Waals surface area contributed by atoms with Crippen molar-refractivity contribution < 1.29 is 205 Å². The zero-order valence-electron chi connectivity index (χ0n) is 67.9. The van der Waals surface area contributed by atoms with Crippen LogP contribution in [0.4, 0.5) is 0 Å². The fraction of sp³-hybridized carbons (Fsp3) is 0.795. The fourth-order valence-corrected chi connectivity index (χ4v) is 14.9. The summed E-state index contributed by atoms with van der Waals surface area (Å²) in [4.78, 5) is 196. The highest BCUT2D eigenvalue weighted by Gasteiger charge is 2.62. The average Bonchev–Trinajstić information content (AvgIpc) is 0.758. The summed E-state index contributed by atoms with van der Waals surface area (Å²) >= 11 is 3.30. The number of rotatable bonds is 31. The number of esters is 15. The van der Waals surface area contributed by atoms with Gasteiger partial charge in [0.25, 0.3) is 0 Å². The lowest BCUT2D eigenvalue weighted by molar-refractivity contribution is -0.387. The quantitative estimate of drug-likeness (QED) is 0.0524. The van der Waals surface area contributed by atoms with Crippen molar-refractivity contribution in [3.8, 4) is 0 Å². The third kappa shape index (κ3) is 27.3. The van der Waals surface area contributed by atoms with Crippen molar-refractivity contribution >= 4 is 105 Å². The lowest BCUT2D eigenvalue weighted by Gasteiger charge is -2.51. The standard InChI is InChI=1S/C73H103BrO43/c1-27-20-91-68(29(3)28(27)2)92-22-46-52(115-72-65(109-44(18)88)60(104-39(13)83)54(100-35(9)79)50(113-72)25-95-69-63(107-42(16)86)57(101-36(10)80)47(23-93-69)97-32(6)76)30(4)53(99-34(8)78)71(112-46)116-56-51(26-96-70-64(108-43(17)87)58(102-37(11)81)48(24-94-70)98-33(7)77)114-73(66(110-45(19)89)61(56)105-40(14)84)117-55-49(21-90-31(5)75)111-67(74)62(106-41(15)85)59(55)103-38(12)82/h27-30,46-73H,20-26H2,1-19H3/t27-,28?,29?,30?,46+,47-,48-,49+,50?,51?,52+,53?,54-,55-,56-,57?,58?,59?,60+,61+,62?,63+,64+,65?,66?,67+,68-,69-,70-,71+,72+,73+/m1/s1. The van der Waals surface area contributed by atoms with Gasteiger partial charge in [0.15, 0.2) is 128 Å². The normalized spacial score (nSPS) is 36.7. The van der Waals surface area contributed by atoms with Gasteiger partial charge in [-0.3, -0.25) is 71.9 Å². The van der Waals surface area contributed by atoms with Crippen molar-refractivity contribution in [3.63, 3.8) is 0 Å². The monoisotopic (exact) mass is 1750 g/mol. The minimum Gasteiger partial charge on any atom is -0.463 e. The molecule has 43 nitrogen and oxygen atoms in total. The molecule has 117 heavy (non-hydrogen) atoms. The first kappa shape index (κ1) is 96.1. The van der Waals surface area contributed by atoms with E-state index in [0.29, 0.717) is 0 Å². The minimum atomic E-state index is -2.19. The molecule has 44 heteroatoms. The maximum Gasteiger partial charge on any atom is 0.303 e. The van der Waals surface area contributed by atoms with E-state index in [9.17, 15) is 71.9 Å². The van der Waals surface area contributed by atoms with Crippen LogP contribution in [0.2, 0.25) is 0 Å².